The highest BCUT2D eigenvalue weighted by atomic mass is 16.2. The molecule has 1 aliphatic rings. The first-order valence-corrected chi connectivity index (χ1v) is 6.81. The molecule has 0 spiro atoms. The summed E-state index contributed by atoms with van der Waals surface area (Å²) in [5, 5.41) is 0. The first-order valence-electron chi connectivity index (χ1n) is 6.81. The summed E-state index contributed by atoms with van der Waals surface area (Å²) in [6.45, 7) is 5.67. The molecule has 5 heteroatoms. The van der Waals surface area contributed by atoms with Gasteiger partial charge in [0.2, 0.25) is 5.91 Å². The van der Waals surface area contributed by atoms with Crippen molar-refractivity contribution in [1.29, 1.82) is 0 Å². The molecular formula is C15H21N3O2. The van der Waals surface area contributed by atoms with Crippen LogP contribution in [0.25, 0.3) is 0 Å². The van der Waals surface area contributed by atoms with E-state index in [4.69, 9.17) is 5.73 Å². The van der Waals surface area contributed by atoms with Gasteiger partial charge >= 0.3 is 0 Å². The molecule has 1 aromatic rings. The molecule has 2 amide bonds. The van der Waals surface area contributed by atoms with Crippen molar-refractivity contribution in [3.05, 3.63) is 35.4 Å². The smallest absolute Gasteiger partial charge is 0.253 e. The van der Waals surface area contributed by atoms with E-state index in [0.29, 0.717) is 23.2 Å². The van der Waals surface area contributed by atoms with E-state index >= 15 is 0 Å². The molecule has 2 N–H and O–H groups in total. The van der Waals surface area contributed by atoms with Gasteiger partial charge in [0.1, 0.15) is 0 Å². The minimum atomic E-state index is -0.481. The molecule has 0 bridgehead atoms. The van der Waals surface area contributed by atoms with Gasteiger partial charge in [0.15, 0.2) is 0 Å². The van der Waals surface area contributed by atoms with E-state index in [1.807, 2.05) is 4.90 Å². The molecular weight excluding hydrogens is 254 g/mol. The zero-order valence-corrected chi connectivity index (χ0v) is 12.2. The standard InChI is InChI=1S/C15H21N3O2/c1-10-8-18(9-11(2)17(10)3)15(20)13-6-4-12(5-7-13)14(16)19/h4-7,10-11H,8-9H2,1-3H3,(H2,16,19)/t10-,11+. The number of primary amides is 1. The van der Waals surface area contributed by atoms with E-state index < -0.39 is 5.91 Å². The lowest BCUT2D eigenvalue weighted by molar-refractivity contribution is 0.0414. The Labute approximate surface area is 119 Å². The summed E-state index contributed by atoms with van der Waals surface area (Å²) >= 11 is 0. The maximum absolute atomic E-state index is 12.5. The van der Waals surface area contributed by atoms with Gasteiger partial charge in [-0.25, -0.2) is 0 Å². The van der Waals surface area contributed by atoms with Gasteiger partial charge in [-0.05, 0) is 45.2 Å². The number of carbonyl (C=O) groups excluding carboxylic acids is 2. The SMILES string of the molecule is C[C@@H]1CN(C(=O)c2ccc(C(N)=O)cc2)C[C@H](C)N1C. The zero-order valence-electron chi connectivity index (χ0n) is 12.2. The fourth-order valence-corrected chi connectivity index (χ4v) is 2.53. The summed E-state index contributed by atoms with van der Waals surface area (Å²) in [5.41, 5.74) is 6.21. The van der Waals surface area contributed by atoms with E-state index in [-0.39, 0.29) is 5.91 Å². The van der Waals surface area contributed by atoms with Crippen LogP contribution in [0, 0.1) is 0 Å². The van der Waals surface area contributed by atoms with Gasteiger partial charge < -0.3 is 10.6 Å². The van der Waals surface area contributed by atoms with Gasteiger partial charge in [0.05, 0.1) is 0 Å². The van der Waals surface area contributed by atoms with Crippen LogP contribution >= 0.6 is 0 Å². The van der Waals surface area contributed by atoms with Crippen LogP contribution in [0.2, 0.25) is 0 Å². The number of nitrogens with two attached hydrogens (primary N) is 1. The number of amides is 2. The largest absolute Gasteiger partial charge is 0.366 e. The van der Waals surface area contributed by atoms with Crippen molar-refractivity contribution in [3.63, 3.8) is 0 Å². The second kappa shape index (κ2) is 5.63. The highest BCUT2D eigenvalue weighted by Gasteiger charge is 2.29. The van der Waals surface area contributed by atoms with Crippen LogP contribution in [0.3, 0.4) is 0 Å². The predicted molar refractivity (Wildman–Crippen MR) is 77.6 cm³/mol. The summed E-state index contributed by atoms with van der Waals surface area (Å²) in [4.78, 5) is 27.6. The minimum Gasteiger partial charge on any atom is -0.366 e. The molecule has 5 nitrogen and oxygen atoms in total. The van der Waals surface area contributed by atoms with Gasteiger partial charge in [-0.3, -0.25) is 14.5 Å². The van der Waals surface area contributed by atoms with E-state index in [2.05, 4.69) is 25.8 Å². The number of piperazine rings is 1. The summed E-state index contributed by atoms with van der Waals surface area (Å²) in [5.74, 6) is -0.473. The highest BCUT2D eigenvalue weighted by molar-refractivity contribution is 5.97. The van der Waals surface area contributed by atoms with Crippen LogP contribution in [0.15, 0.2) is 24.3 Å². The molecule has 0 aromatic heterocycles. The van der Waals surface area contributed by atoms with E-state index in [1.54, 1.807) is 24.3 Å². The quantitative estimate of drug-likeness (QED) is 0.874. The van der Waals surface area contributed by atoms with Crippen LogP contribution < -0.4 is 5.73 Å². The molecule has 1 saturated heterocycles. The molecule has 1 aliphatic heterocycles. The van der Waals surface area contributed by atoms with Crippen molar-refractivity contribution in [2.24, 2.45) is 5.73 Å². The summed E-state index contributed by atoms with van der Waals surface area (Å²) in [6.07, 6.45) is 0. The fourth-order valence-electron chi connectivity index (χ4n) is 2.53. The van der Waals surface area contributed by atoms with Crippen molar-refractivity contribution in [3.8, 4) is 0 Å². The molecule has 1 fully saturated rings. The Kier molecular flexibility index (Phi) is 4.09. The number of hydrogen-bond donors (Lipinski definition) is 1. The van der Waals surface area contributed by atoms with Crippen molar-refractivity contribution in [2.45, 2.75) is 25.9 Å². The van der Waals surface area contributed by atoms with Gasteiger partial charge in [0, 0.05) is 36.3 Å². The zero-order chi connectivity index (χ0) is 14.9. The van der Waals surface area contributed by atoms with Crippen LogP contribution in [-0.2, 0) is 0 Å². The normalized spacial score (nSPS) is 23.6. The first-order chi connectivity index (χ1) is 9.40. The van der Waals surface area contributed by atoms with Gasteiger partial charge in [-0.2, -0.15) is 0 Å². The third-order valence-electron chi connectivity index (χ3n) is 4.06. The molecule has 0 radical (unpaired) electrons. The predicted octanol–water partition coefficient (Wildman–Crippen LogP) is 0.950. The third kappa shape index (κ3) is 2.82. The Morgan fingerprint density at radius 1 is 1.05 bits per heavy atom. The van der Waals surface area contributed by atoms with Crippen LogP contribution in [0.1, 0.15) is 34.6 Å². The molecule has 0 aliphatic carbocycles. The average molecular weight is 275 g/mol. The average Bonchev–Trinajstić information content (AvgIpc) is 2.43. The van der Waals surface area contributed by atoms with Gasteiger partial charge in [0.25, 0.3) is 5.91 Å². The summed E-state index contributed by atoms with van der Waals surface area (Å²) < 4.78 is 0. The van der Waals surface area contributed by atoms with E-state index in [0.717, 1.165) is 13.1 Å². The van der Waals surface area contributed by atoms with Crippen molar-refractivity contribution in [2.75, 3.05) is 20.1 Å². The van der Waals surface area contributed by atoms with Crippen LogP contribution in [0.5, 0.6) is 0 Å². The Hall–Kier alpha value is -1.88. The lowest BCUT2D eigenvalue weighted by atomic mass is 10.1. The minimum absolute atomic E-state index is 0.00724. The summed E-state index contributed by atoms with van der Waals surface area (Å²) in [7, 11) is 2.08. The Morgan fingerprint density at radius 2 is 1.50 bits per heavy atom. The lowest BCUT2D eigenvalue weighted by Crippen LogP contribution is -2.56. The molecule has 1 heterocycles. The fraction of sp³-hybridized carbons (Fsp3) is 0.467. The number of benzene rings is 1. The molecule has 0 unspecified atom stereocenters. The van der Waals surface area contributed by atoms with Crippen LogP contribution in [0.4, 0.5) is 0 Å². The number of nitrogens with zero attached hydrogens (tertiary/aromatic N) is 2. The molecule has 0 saturated carbocycles. The second-order valence-corrected chi connectivity index (χ2v) is 5.52. The van der Waals surface area contributed by atoms with Gasteiger partial charge in [-0.15, -0.1) is 0 Å². The highest BCUT2D eigenvalue weighted by Crippen LogP contribution is 2.16. The van der Waals surface area contributed by atoms with Crippen molar-refractivity contribution in [1.82, 2.24) is 9.80 Å². The number of carbonyl (C=O) groups is 2. The van der Waals surface area contributed by atoms with Crippen LogP contribution in [-0.4, -0.2) is 53.8 Å². The maximum atomic E-state index is 12.5. The molecule has 1 aromatic carbocycles. The van der Waals surface area contributed by atoms with Crippen molar-refractivity contribution >= 4 is 11.8 Å². The number of likely N-dealkylation sites (N-methyl/N-ethyl adjacent to an activating group) is 1. The molecule has 2 rings (SSSR count). The maximum Gasteiger partial charge on any atom is 0.253 e. The van der Waals surface area contributed by atoms with Gasteiger partial charge in [-0.1, -0.05) is 0 Å². The third-order valence-corrected chi connectivity index (χ3v) is 4.06. The molecule has 2 atom stereocenters. The number of hydrogen-bond acceptors (Lipinski definition) is 3. The Balaban J connectivity index is 2.13. The molecule has 108 valence electrons. The van der Waals surface area contributed by atoms with E-state index in [1.165, 1.54) is 0 Å². The lowest BCUT2D eigenvalue weighted by Gasteiger charge is -2.42. The van der Waals surface area contributed by atoms with E-state index in [9.17, 15) is 9.59 Å². The number of rotatable bonds is 2. The van der Waals surface area contributed by atoms with Crippen molar-refractivity contribution < 1.29 is 9.59 Å². The summed E-state index contributed by atoms with van der Waals surface area (Å²) in [6, 6.07) is 7.20. The monoisotopic (exact) mass is 275 g/mol. The molecule has 20 heavy (non-hydrogen) atoms. The topological polar surface area (TPSA) is 66.6 Å². The Bertz CT molecular complexity index is 500. The first kappa shape index (κ1) is 14.5. The Morgan fingerprint density at radius 3 is 1.95 bits per heavy atom. The second-order valence-electron chi connectivity index (χ2n) is 5.52.